The van der Waals surface area contributed by atoms with Crippen LogP contribution < -0.4 is 21.1 Å². The first-order valence-electron chi connectivity index (χ1n) is 38.2. The molecule has 19 aromatic rings. The molecule has 0 fully saturated rings. The third kappa shape index (κ3) is 9.05. The monoisotopic (exact) mass is 1410 g/mol. The summed E-state index contributed by atoms with van der Waals surface area (Å²) in [5.41, 5.74) is 21.8. The average Bonchev–Trinajstić information content (AvgIpc) is 1.64. The minimum atomic E-state index is 0.0246. The maximum atomic E-state index is 7.50. The van der Waals surface area contributed by atoms with E-state index in [9.17, 15) is 0 Å². The molecule has 4 heterocycles. The van der Waals surface area contributed by atoms with Gasteiger partial charge in [0.05, 0.1) is 0 Å². The Balaban J connectivity index is 0.639. The molecule has 0 saturated carbocycles. The summed E-state index contributed by atoms with van der Waals surface area (Å²) >= 11 is 3.80. The molecule has 4 aromatic heterocycles. The van der Waals surface area contributed by atoms with Gasteiger partial charge < -0.3 is 8.83 Å². The van der Waals surface area contributed by atoms with Gasteiger partial charge in [-0.3, -0.25) is 0 Å². The Morgan fingerprint density at radius 3 is 1.77 bits per heavy atom. The third-order valence-corrected chi connectivity index (χ3v) is 27.0. The van der Waals surface area contributed by atoms with Crippen LogP contribution in [0.4, 0.5) is 0 Å². The molecule has 3 atom stereocenters. The Kier molecular flexibility index (Phi) is 13.2. The second-order valence-electron chi connectivity index (χ2n) is 30.4. The first-order valence-corrected chi connectivity index (χ1v) is 39.8. The molecule has 0 radical (unpaired) electrons. The highest BCUT2D eigenvalue weighted by Crippen LogP contribution is 2.51. The molecule has 2 nitrogen and oxygen atoms in total. The molecule has 506 valence electrons. The summed E-state index contributed by atoms with van der Waals surface area (Å²) < 4.78 is 18.1. The fraction of sp³-hybridized carbons (Fsp3) is 0.0769. The summed E-state index contributed by atoms with van der Waals surface area (Å²) in [4.78, 5) is 1.40. The van der Waals surface area contributed by atoms with E-state index in [1.807, 2.05) is 22.7 Å². The quantitative estimate of drug-likeness (QED) is 0.149. The number of thiophene rings is 2. The molecule has 0 saturated heterocycles. The highest BCUT2D eigenvalue weighted by molar-refractivity contribution is 7.26. The van der Waals surface area contributed by atoms with Gasteiger partial charge in [0.15, 0.2) is 0 Å². The summed E-state index contributed by atoms with van der Waals surface area (Å²) in [6.45, 7) is 0. The van der Waals surface area contributed by atoms with E-state index in [1.165, 1.54) is 204 Å². The fourth-order valence-corrected chi connectivity index (χ4v) is 22.3. The van der Waals surface area contributed by atoms with Crippen LogP contribution in [0.2, 0.25) is 0 Å². The molecule has 0 bridgehead atoms. The van der Waals surface area contributed by atoms with E-state index in [0.29, 0.717) is 0 Å². The van der Waals surface area contributed by atoms with Crippen molar-refractivity contribution in [1.29, 1.82) is 0 Å². The fourth-order valence-electron chi connectivity index (χ4n) is 19.9. The Bertz CT molecular complexity index is 7670. The van der Waals surface area contributed by atoms with Crippen LogP contribution in [0.1, 0.15) is 53.2 Å². The molecular weight excluding hydrogens is 1350 g/mol. The summed E-state index contributed by atoms with van der Waals surface area (Å²) in [6, 6.07) is 96.3. The second kappa shape index (κ2) is 23.5. The van der Waals surface area contributed by atoms with Crippen LogP contribution in [0, 0.1) is 11.8 Å². The number of allylic oxidation sites excluding steroid dienone is 9. The molecule has 24 rings (SSSR count). The van der Waals surface area contributed by atoms with E-state index in [-0.39, 0.29) is 17.8 Å². The molecule has 0 amide bonds. The van der Waals surface area contributed by atoms with Gasteiger partial charge in [0.1, 0.15) is 22.2 Å². The van der Waals surface area contributed by atoms with Crippen molar-refractivity contribution in [2.45, 2.75) is 38.0 Å². The van der Waals surface area contributed by atoms with E-state index in [1.54, 1.807) is 0 Å². The Morgan fingerprint density at radius 2 is 0.963 bits per heavy atom. The van der Waals surface area contributed by atoms with Crippen LogP contribution in [0.15, 0.2) is 312 Å². The van der Waals surface area contributed by atoms with E-state index in [0.717, 1.165) is 59.7 Å². The second-order valence-corrected chi connectivity index (χ2v) is 32.5. The van der Waals surface area contributed by atoms with Gasteiger partial charge in [0.25, 0.3) is 0 Å². The first-order chi connectivity index (χ1) is 53.5. The molecule has 0 spiro atoms. The van der Waals surface area contributed by atoms with E-state index < -0.39 is 0 Å². The highest BCUT2D eigenvalue weighted by Gasteiger charge is 2.36. The molecule has 0 N–H and O–H groups in total. The molecule has 5 aliphatic rings. The highest BCUT2D eigenvalue weighted by atomic mass is 32.1. The van der Waals surface area contributed by atoms with Crippen LogP contribution in [0.5, 0.6) is 0 Å². The number of hydrogen-bond donors (Lipinski definition) is 0. The molecule has 5 aliphatic carbocycles. The molecule has 0 aliphatic heterocycles. The van der Waals surface area contributed by atoms with Gasteiger partial charge in [-0.1, -0.05) is 255 Å². The molecule has 108 heavy (non-hydrogen) atoms. The predicted molar refractivity (Wildman–Crippen MR) is 462 cm³/mol. The van der Waals surface area contributed by atoms with Crippen LogP contribution in [0.25, 0.3) is 208 Å². The predicted octanol–water partition coefficient (Wildman–Crippen LogP) is 26.3. The number of fused-ring (bicyclic) bond motifs is 22. The number of rotatable bonds is 7. The number of hydrogen-bond acceptors (Lipinski definition) is 4. The van der Waals surface area contributed by atoms with Crippen molar-refractivity contribution in [2.75, 3.05) is 0 Å². The lowest BCUT2D eigenvalue weighted by Crippen LogP contribution is -2.35. The molecule has 15 aromatic carbocycles. The zero-order chi connectivity index (χ0) is 70.4. The zero-order valence-corrected chi connectivity index (χ0v) is 60.6. The first kappa shape index (κ1) is 60.8. The number of furan rings is 2. The zero-order valence-electron chi connectivity index (χ0n) is 59.0. The topological polar surface area (TPSA) is 26.3 Å². The van der Waals surface area contributed by atoms with Gasteiger partial charge in [-0.15, -0.1) is 22.7 Å². The van der Waals surface area contributed by atoms with Crippen molar-refractivity contribution in [3.8, 4) is 44.5 Å². The normalized spacial score (nSPS) is 16.8. The minimum Gasteiger partial charge on any atom is -0.456 e. The van der Waals surface area contributed by atoms with Gasteiger partial charge in [-0.25, -0.2) is 0 Å². The van der Waals surface area contributed by atoms with Crippen molar-refractivity contribution < 1.29 is 8.83 Å². The van der Waals surface area contributed by atoms with Gasteiger partial charge in [0, 0.05) is 74.5 Å². The lowest BCUT2D eigenvalue weighted by molar-refractivity contribution is 0.561. The van der Waals surface area contributed by atoms with Gasteiger partial charge in [0.2, 0.25) is 0 Å². The van der Waals surface area contributed by atoms with Crippen LogP contribution in [-0.4, -0.2) is 0 Å². The van der Waals surface area contributed by atoms with Crippen molar-refractivity contribution in [1.82, 2.24) is 0 Å². The Hall–Kier alpha value is -12.4. The van der Waals surface area contributed by atoms with Gasteiger partial charge in [-0.05, 0) is 252 Å². The van der Waals surface area contributed by atoms with Crippen molar-refractivity contribution in [2.24, 2.45) is 11.8 Å². The van der Waals surface area contributed by atoms with Crippen LogP contribution in [-0.2, 0) is 6.42 Å². The van der Waals surface area contributed by atoms with Crippen molar-refractivity contribution in [3.05, 3.63) is 346 Å². The SMILES string of the molecule is C1=CC2C(C3=c4oc5ccc6cc7sc8ccccc8c7cc6c5c4=CC(c4cccc(-c5c6ccccc6c(-c6cccc7ccccc67)c6ccccc56)c4)C3)=CC=CC2C(c2c3c(c(-c4cccc(-c5ccc6oc7ccc8cc9c%10c(sc9cc8c7c6c5)C=CCC%10)c4)c4ccccc24)=CCCC=3)=C1. The summed E-state index contributed by atoms with van der Waals surface area (Å²) in [5.74, 6) is 0.129. The van der Waals surface area contributed by atoms with E-state index in [4.69, 9.17) is 8.83 Å². The maximum absolute atomic E-state index is 7.50. The Labute approximate surface area is 630 Å². The van der Waals surface area contributed by atoms with Crippen LogP contribution in [0.3, 0.4) is 0 Å². The average molecular weight is 1410 g/mol. The molecule has 3 unspecified atom stereocenters. The largest absolute Gasteiger partial charge is 0.456 e. The summed E-state index contributed by atoms with van der Waals surface area (Å²) in [7, 11) is 0. The third-order valence-electron chi connectivity index (χ3n) is 24.7. The standard InChI is InChI=1S/C104H66O2S2/c1-2-26-68-59(20-1)21-17-40-74(68)100-80-33-7-3-29-76(80)99(77-30-4-8-34-81(77)100)66-25-16-23-61(51-66)67-54-88(104-90(55-67)103-84-57-87-73-28-12-14-43-95(73)107-96(87)56-64(84)46-49-93(103)106-104)71-39-18-38-70-69(71)37-19-41-75(70)101-82-35-9-5-31-78(82)98(79-32-6-10-36-83(79)101)65-24-15-22-60(50-65)62-44-47-91-89(52-62)102-85-58-97-86(53-63(85)45-48-92(102)105-91)72-27-11-13-42-94(72)108-97/h1-5,7-9,12-26,28-53,55-58,67,69-70H,6,10-11,27,54H2. The van der Waals surface area contributed by atoms with Gasteiger partial charge in [-0.2, -0.15) is 0 Å². The lowest BCUT2D eigenvalue weighted by Gasteiger charge is -2.34. The molecule has 4 heteroatoms. The van der Waals surface area contributed by atoms with Gasteiger partial charge >= 0.3 is 0 Å². The number of benzene rings is 15. The van der Waals surface area contributed by atoms with Crippen molar-refractivity contribution in [3.63, 3.8) is 0 Å². The smallest absolute Gasteiger partial charge is 0.138 e. The summed E-state index contributed by atoms with van der Waals surface area (Å²) in [5, 5.41) is 26.4. The van der Waals surface area contributed by atoms with E-state index >= 15 is 0 Å². The Morgan fingerprint density at radius 1 is 0.352 bits per heavy atom. The lowest BCUT2D eigenvalue weighted by atomic mass is 9.69. The van der Waals surface area contributed by atoms with E-state index in [2.05, 4.69) is 322 Å². The maximum Gasteiger partial charge on any atom is 0.138 e. The number of aryl methyl sites for hydroxylation is 1. The van der Waals surface area contributed by atoms with Crippen molar-refractivity contribution >= 4 is 186 Å². The minimum absolute atomic E-state index is 0.0246. The summed E-state index contributed by atoms with van der Waals surface area (Å²) in [6.07, 6.45) is 31.8. The molecular formula is C104H66O2S2. The van der Waals surface area contributed by atoms with Crippen LogP contribution >= 0.6 is 22.7 Å².